The van der Waals surface area contributed by atoms with Gasteiger partial charge in [-0.2, -0.15) is 0 Å². The van der Waals surface area contributed by atoms with Crippen molar-refractivity contribution in [2.45, 2.75) is 24.6 Å². The highest BCUT2D eigenvalue weighted by molar-refractivity contribution is 7.98. The molecule has 0 saturated carbocycles. The van der Waals surface area contributed by atoms with Crippen LogP contribution in [-0.2, 0) is 5.75 Å². The van der Waals surface area contributed by atoms with Crippen LogP contribution >= 0.6 is 11.8 Å². The third-order valence-electron chi connectivity index (χ3n) is 2.66. The van der Waals surface area contributed by atoms with Crippen LogP contribution in [0.3, 0.4) is 0 Å². The molecule has 0 amide bonds. The van der Waals surface area contributed by atoms with Crippen molar-refractivity contribution in [1.82, 2.24) is 9.97 Å². The van der Waals surface area contributed by atoms with E-state index >= 15 is 0 Å². The Morgan fingerprint density at radius 3 is 2.50 bits per heavy atom. The molecule has 1 aromatic heterocycles. The number of rotatable bonds is 4. The minimum Gasteiger partial charge on any atom is -0.378 e. The highest BCUT2D eigenvalue weighted by atomic mass is 32.2. The lowest BCUT2D eigenvalue weighted by molar-refractivity contribution is -0.387. The molecule has 0 spiro atoms. The minimum atomic E-state index is -0.542. The van der Waals surface area contributed by atoms with Crippen molar-refractivity contribution in [1.29, 1.82) is 0 Å². The Morgan fingerprint density at radius 1 is 1.25 bits per heavy atom. The molecule has 0 aliphatic carbocycles. The standard InChI is InChI=1S/C13H14N4O2S/c1-8-3-9(2)5-10(4-8)6-20-13-11(17(18)19)12(14)15-7-16-13/h3-5,7H,6H2,1-2H3,(H2,14,15,16). The van der Waals surface area contributed by atoms with Gasteiger partial charge in [0.05, 0.1) is 4.92 Å². The highest BCUT2D eigenvalue weighted by Crippen LogP contribution is 2.32. The minimum absolute atomic E-state index is 0.104. The number of aromatic nitrogens is 2. The van der Waals surface area contributed by atoms with E-state index in [9.17, 15) is 10.1 Å². The quantitative estimate of drug-likeness (QED) is 0.402. The lowest BCUT2D eigenvalue weighted by Gasteiger charge is -2.05. The summed E-state index contributed by atoms with van der Waals surface area (Å²) in [5.41, 5.74) is 8.74. The van der Waals surface area contributed by atoms with E-state index in [0.29, 0.717) is 10.8 Å². The highest BCUT2D eigenvalue weighted by Gasteiger charge is 2.21. The van der Waals surface area contributed by atoms with Crippen molar-refractivity contribution >= 4 is 23.3 Å². The third-order valence-corrected chi connectivity index (χ3v) is 3.71. The zero-order valence-electron chi connectivity index (χ0n) is 11.2. The maximum Gasteiger partial charge on any atom is 0.343 e. The topological polar surface area (TPSA) is 94.9 Å². The summed E-state index contributed by atoms with van der Waals surface area (Å²) in [4.78, 5) is 18.1. The smallest absolute Gasteiger partial charge is 0.343 e. The summed E-state index contributed by atoms with van der Waals surface area (Å²) in [6.45, 7) is 4.04. The summed E-state index contributed by atoms with van der Waals surface area (Å²) in [7, 11) is 0. The lowest BCUT2D eigenvalue weighted by Crippen LogP contribution is -2.02. The summed E-state index contributed by atoms with van der Waals surface area (Å²) in [6.07, 6.45) is 1.24. The van der Waals surface area contributed by atoms with Crippen LogP contribution in [0.5, 0.6) is 0 Å². The van der Waals surface area contributed by atoms with Crippen molar-refractivity contribution in [2.75, 3.05) is 5.73 Å². The number of thioether (sulfide) groups is 1. The maximum absolute atomic E-state index is 11.0. The van der Waals surface area contributed by atoms with Crippen molar-refractivity contribution in [3.63, 3.8) is 0 Å². The Bertz CT molecular complexity index is 641. The maximum atomic E-state index is 11.0. The molecule has 0 fully saturated rings. The summed E-state index contributed by atoms with van der Waals surface area (Å²) in [5, 5.41) is 11.3. The van der Waals surface area contributed by atoms with E-state index in [-0.39, 0.29) is 11.5 Å². The molecule has 0 bridgehead atoms. The Hall–Kier alpha value is -2.15. The first-order valence-corrected chi connectivity index (χ1v) is 6.91. The molecule has 104 valence electrons. The molecule has 0 unspecified atom stereocenters. The van der Waals surface area contributed by atoms with Gasteiger partial charge in [0.15, 0.2) is 5.03 Å². The number of nitro groups is 1. The normalized spacial score (nSPS) is 10.5. The van der Waals surface area contributed by atoms with Crippen LogP contribution in [0.2, 0.25) is 0 Å². The molecule has 0 saturated heterocycles. The monoisotopic (exact) mass is 290 g/mol. The van der Waals surface area contributed by atoms with E-state index in [1.807, 2.05) is 13.8 Å². The second-order valence-electron chi connectivity index (χ2n) is 4.45. The number of hydrogen-bond donors (Lipinski definition) is 1. The van der Waals surface area contributed by atoms with Crippen LogP contribution in [0.1, 0.15) is 16.7 Å². The number of anilines is 1. The Balaban J connectivity index is 2.23. The number of nitrogens with zero attached hydrogens (tertiary/aromatic N) is 3. The summed E-state index contributed by atoms with van der Waals surface area (Å²) < 4.78 is 0. The van der Waals surface area contributed by atoms with Crippen molar-refractivity contribution in [3.05, 3.63) is 51.3 Å². The number of nitrogen functional groups attached to an aromatic ring is 1. The molecular formula is C13H14N4O2S. The first kappa shape index (κ1) is 14.3. The van der Waals surface area contributed by atoms with Crippen LogP contribution < -0.4 is 5.73 Å². The fourth-order valence-corrected chi connectivity index (χ4v) is 2.86. The largest absolute Gasteiger partial charge is 0.378 e. The molecule has 0 atom stereocenters. The van der Waals surface area contributed by atoms with Gasteiger partial charge < -0.3 is 5.73 Å². The Morgan fingerprint density at radius 2 is 1.90 bits per heavy atom. The SMILES string of the molecule is Cc1cc(C)cc(CSc2ncnc(N)c2[N+](=O)[O-])c1. The van der Waals surface area contributed by atoms with Crippen LogP contribution in [0.25, 0.3) is 0 Å². The molecular weight excluding hydrogens is 276 g/mol. The molecule has 1 heterocycles. The van der Waals surface area contributed by atoms with E-state index in [2.05, 4.69) is 28.2 Å². The van der Waals surface area contributed by atoms with Gasteiger partial charge in [-0.15, -0.1) is 0 Å². The van der Waals surface area contributed by atoms with Crippen molar-refractivity contribution < 1.29 is 4.92 Å². The molecule has 20 heavy (non-hydrogen) atoms. The van der Waals surface area contributed by atoms with E-state index in [1.165, 1.54) is 18.1 Å². The third kappa shape index (κ3) is 3.24. The van der Waals surface area contributed by atoms with Gasteiger partial charge in [-0.05, 0) is 19.4 Å². The fraction of sp³-hybridized carbons (Fsp3) is 0.231. The molecule has 1 aromatic carbocycles. The lowest BCUT2D eigenvalue weighted by atomic mass is 10.1. The van der Waals surface area contributed by atoms with E-state index < -0.39 is 4.92 Å². The summed E-state index contributed by atoms with van der Waals surface area (Å²) >= 11 is 1.29. The zero-order chi connectivity index (χ0) is 14.7. The molecule has 2 aromatic rings. The first-order chi connectivity index (χ1) is 9.47. The molecule has 0 aliphatic rings. The zero-order valence-corrected chi connectivity index (χ0v) is 12.0. The van der Waals surface area contributed by atoms with Crippen LogP contribution in [0, 0.1) is 24.0 Å². The first-order valence-electron chi connectivity index (χ1n) is 5.92. The number of nitrogens with two attached hydrogens (primary N) is 1. The molecule has 0 aliphatic heterocycles. The van der Waals surface area contributed by atoms with Crippen LogP contribution in [0.4, 0.5) is 11.5 Å². The van der Waals surface area contributed by atoms with Gasteiger partial charge in [-0.1, -0.05) is 41.1 Å². The number of benzene rings is 1. The molecule has 6 nitrogen and oxygen atoms in total. The van der Waals surface area contributed by atoms with Gasteiger partial charge in [0.2, 0.25) is 5.82 Å². The number of aryl methyl sites for hydroxylation is 2. The summed E-state index contributed by atoms with van der Waals surface area (Å²) in [6, 6.07) is 6.19. The van der Waals surface area contributed by atoms with E-state index in [1.54, 1.807) is 0 Å². The van der Waals surface area contributed by atoms with E-state index in [0.717, 1.165) is 16.7 Å². The van der Waals surface area contributed by atoms with Gasteiger partial charge in [0.1, 0.15) is 6.33 Å². The van der Waals surface area contributed by atoms with Crippen molar-refractivity contribution in [2.24, 2.45) is 0 Å². The molecule has 2 N–H and O–H groups in total. The van der Waals surface area contributed by atoms with Crippen molar-refractivity contribution in [3.8, 4) is 0 Å². The van der Waals surface area contributed by atoms with Crippen LogP contribution in [-0.4, -0.2) is 14.9 Å². The molecule has 0 radical (unpaired) electrons. The number of hydrogen-bond acceptors (Lipinski definition) is 6. The fourth-order valence-electron chi connectivity index (χ4n) is 1.96. The van der Waals surface area contributed by atoms with Gasteiger partial charge in [0, 0.05) is 5.75 Å². The average Bonchev–Trinajstić information content (AvgIpc) is 2.34. The average molecular weight is 290 g/mol. The van der Waals surface area contributed by atoms with Gasteiger partial charge in [-0.25, -0.2) is 9.97 Å². The predicted octanol–water partition coefficient (Wildman–Crippen LogP) is 2.88. The van der Waals surface area contributed by atoms with Gasteiger partial charge in [0.25, 0.3) is 0 Å². The van der Waals surface area contributed by atoms with E-state index in [4.69, 9.17) is 5.73 Å². The molecule has 2 rings (SSSR count). The van der Waals surface area contributed by atoms with Gasteiger partial charge in [-0.3, -0.25) is 10.1 Å². The Kier molecular flexibility index (Phi) is 4.19. The Labute approximate surface area is 120 Å². The second kappa shape index (κ2) is 5.87. The summed E-state index contributed by atoms with van der Waals surface area (Å²) in [5.74, 6) is 0.493. The molecule has 7 heteroatoms. The van der Waals surface area contributed by atoms with Gasteiger partial charge >= 0.3 is 5.69 Å². The van der Waals surface area contributed by atoms with Crippen LogP contribution in [0.15, 0.2) is 29.6 Å². The second-order valence-corrected chi connectivity index (χ2v) is 5.42. The predicted molar refractivity (Wildman–Crippen MR) is 78.6 cm³/mol.